The molecule has 2 rings (SSSR count). The van der Waals surface area contributed by atoms with E-state index < -0.39 is 15.7 Å². The molecule has 0 radical (unpaired) electrons. The Kier molecular flexibility index (Phi) is 4.85. The van der Waals surface area contributed by atoms with Crippen LogP contribution in [0.15, 0.2) is 52.3 Å². The van der Waals surface area contributed by atoms with Gasteiger partial charge in [0, 0.05) is 10.7 Å². The number of aryl methyl sites for hydroxylation is 1. The molecule has 22 heavy (non-hydrogen) atoms. The van der Waals surface area contributed by atoms with E-state index >= 15 is 0 Å². The van der Waals surface area contributed by atoms with Crippen molar-refractivity contribution >= 4 is 33.0 Å². The van der Waals surface area contributed by atoms with E-state index in [1.165, 1.54) is 24.3 Å². The number of sulfone groups is 1. The lowest BCUT2D eigenvalue weighted by Gasteiger charge is -2.10. The molecule has 0 bridgehead atoms. The molecular formula is C15H15ClN2O3S. The van der Waals surface area contributed by atoms with Crippen LogP contribution in [0.5, 0.6) is 0 Å². The molecule has 1 amide bonds. The second-order valence-electron chi connectivity index (χ2n) is 4.69. The second kappa shape index (κ2) is 6.48. The lowest BCUT2D eigenvalue weighted by atomic mass is 10.2. The molecule has 5 nitrogen and oxygen atoms in total. The summed E-state index contributed by atoms with van der Waals surface area (Å²) in [5.41, 5.74) is 6.16. The van der Waals surface area contributed by atoms with Crippen LogP contribution in [0.25, 0.3) is 0 Å². The molecule has 116 valence electrons. The molecule has 0 unspecified atom stereocenters. The summed E-state index contributed by atoms with van der Waals surface area (Å²) in [6.07, 6.45) is 0. The summed E-state index contributed by atoms with van der Waals surface area (Å²) in [7, 11) is -3.69. The first-order valence-corrected chi connectivity index (χ1v) is 8.32. The van der Waals surface area contributed by atoms with E-state index in [0.717, 1.165) is 0 Å². The van der Waals surface area contributed by atoms with Crippen molar-refractivity contribution in [2.45, 2.75) is 16.7 Å². The van der Waals surface area contributed by atoms with Gasteiger partial charge in [-0.3, -0.25) is 4.79 Å². The Morgan fingerprint density at radius 3 is 2.59 bits per heavy atom. The molecule has 2 aromatic carbocycles. The smallest absolute Gasteiger partial charge is 0.238 e. The molecule has 0 aromatic heterocycles. The van der Waals surface area contributed by atoms with Crippen LogP contribution in [-0.4, -0.2) is 20.9 Å². The average Bonchev–Trinajstić information content (AvgIpc) is 2.47. The Morgan fingerprint density at radius 2 is 1.95 bits per heavy atom. The van der Waals surface area contributed by atoms with Gasteiger partial charge in [0.15, 0.2) is 0 Å². The topological polar surface area (TPSA) is 89.3 Å². The van der Waals surface area contributed by atoms with Crippen molar-refractivity contribution in [3.05, 3.63) is 53.1 Å². The van der Waals surface area contributed by atoms with E-state index in [9.17, 15) is 13.2 Å². The van der Waals surface area contributed by atoms with Gasteiger partial charge in [0.25, 0.3) is 0 Å². The quantitative estimate of drug-likeness (QED) is 0.895. The maximum atomic E-state index is 12.7. The highest BCUT2D eigenvalue weighted by atomic mass is 35.5. The SMILES string of the molecule is Cc1cc(Cl)ccc1S(=O)(=O)c1cccc(NC(=O)CN)c1. The van der Waals surface area contributed by atoms with Gasteiger partial charge in [-0.1, -0.05) is 17.7 Å². The lowest BCUT2D eigenvalue weighted by molar-refractivity contribution is -0.114. The number of nitrogens with one attached hydrogen (secondary N) is 1. The van der Waals surface area contributed by atoms with Gasteiger partial charge in [0.2, 0.25) is 15.7 Å². The highest BCUT2D eigenvalue weighted by Crippen LogP contribution is 2.27. The zero-order chi connectivity index (χ0) is 16.3. The van der Waals surface area contributed by atoms with Crippen molar-refractivity contribution < 1.29 is 13.2 Å². The molecule has 0 saturated carbocycles. The Hall–Kier alpha value is -1.89. The molecule has 7 heteroatoms. The molecule has 0 atom stereocenters. The normalized spacial score (nSPS) is 11.2. The summed E-state index contributed by atoms with van der Waals surface area (Å²) in [5, 5.41) is 3.00. The van der Waals surface area contributed by atoms with Crippen LogP contribution < -0.4 is 11.1 Å². The first-order valence-electron chi connectivity index (χ1n) is 6.46. The molecule has 0 aliphatic rings. The van der Waals surface area contributed by atoms with Crippen molar-refractivity contribution in [1.29, 1.82) is 0 Å². The second-order valence-corrected chi connectivity index (χ2v) is 7.05. The monoisotopic (exact) mass is 338 g/mol. The van der Waals surface area contributed by atoms with Crippen LogP contribution in [0, 0.1) is 6.92 Å². The number of nitrogens with two attached hydrogens (primary N) is 1. The minimum absolute atomic E-state index is 0.0905. The van der Waals surface area contributed by atoms with Crippen LogP contribution in [0.1, 0.15) is 5.56 Å². The number of hydrogen-bond acceptors (Lipinski definition) is 4. The van der Waals surface area contributed by atoms with Crippen LogP contribution in [-0.2, 0) is 14.6 Å². The van der Waals surface area contributed by atoms with Gasteiger partial charge in [-0.2, -0.15) is 0 Å². The summed E-state index contributed by atoms with van der Waals surface area (Å²) < 4.78 is 25.4. The Balaban J connectivity index is 2.45. The predicted octanol–water partition coefficient (Wildman–Crippen LogP) is 2.38. The van der Waals surface area contributed by atoms with Gasteiger partial charge >= 0.3 is 0 Å². The lowest BCUT2D eigenvalue weighted by Crippen LogP contribution is -2.21. The molecule has 0 spiro atoms. The van der Waals surface area contributed by atoms with Gasteiger partial charge in [0.05, 0.1) is 16.3 Å². The van der Waals surface area contributed by atoms with Crippen LogP contribution >= 0.6 is 11.6 Å². The number of carbonyl (C=O) groups is 1. The van der Waals surface area contributed by atoms with Gasteiger partial charge in [-0.15, -0.1) is 0 Å². The number of benzene rings is 2. The summed E-state index contributed by atoms with van der Waals surface area (Å²) in [5.74, 6) is -0.391. The van der Waals surface area contributed by atoms with Gasteiger partial charge in [-0.05, 0) is 48.9 Å². The van der Waals surface area contributed by atoms with E-state index in [4.69, 9.17) is 17.3 Å². The third-order valence-corrected chi connectivity index (χ3v) is 5.19. The van der Waals surface area contributed by atoms with Crippen molar-refractivity contribution in [2.75, 3.05) is 11.9 Å². The van der Waals surface area contributed by atoms with Gasteiger partial charge in [-0.25, -0.2) is 8.42 Å². The van der Waals surface area contributed by atoms with E-state index in [2.05, 4.69) is 5.32 Å². The van der Waals surface area contributed by atoms with E-state index in [1.807, 2.05) is 0 Å². The standard InChI is InChI=1S/C15H15ClN2O3S/c1-10-7-11(16)5-6-14(10)22(20,21)13-4-2-3-12(8-13)18-15(19)9-17/h2-8H,9,17H2,1H3,(H,18,19). The number of rotatable bonds is 4. The van der Waals surface area contributed by atoms with Crippen molar-refractivity contribution in [2.24, 2.45) is 5.73 Å². The molecule has 0 heterocycles. The number of halogens is 1. The van der Waals surface area contributed by atoms with Crippen molar-refractivity contribution in [3.8, 4) is 0 Å². The first-order chi connectivity index (χ1) is 10.3. The average molecular weight is 339 g/mol. The maximum Gasteiger partial charge on any atom is 0.238 e. The Morgan fingerprint density at radius 1 is 1.23 bits per heavy atom. The largest absolute Gasteiger partial charge is 0.325 e. The number of amides is 1. The van der Waals surface area contributed by atoms with Gasteiger partial charge in [0.1, 0.15) is 0 Å². The van der Waals surface area contributed by atoms with E-state index in [1.54, 1.807) is 25.1 Å². The number of hydrogen-bond donors (Lipinski definition) is 2. The van der Waals surface area contributed by atoms with Crippen molar-refractivity contribution in [1.82, 2.24) is 0 Å². The minimum atomic E-state index is -3.69. The number of anilines is 1. The van der Waals surface area contributed by atoms with Crippen LogP contribution in [0.4, 0.5) is 5.69 Å². The summed E-state index contributed by atoms with van der Waals surface area (Å²) in [6, 6.07) is 10.6. The molecule has 0 aliphatic carbocycles. The first kappa shape index (κ1) is 16.5. The van der Waals surface area contributed by atoms with E-state index in [-0.39, 0.29) is 16.3 Å². The third-order valence-electron chi connectivity index (χ3n) is 3.04. The molecule has 2 aromatic rings. The zero-order valence-electron chi connectivity index (χ0n) is 11.8. The van der Waals surface area contributed by atoms with E-state index in [0.29, 0.717) is 16.3 Å². The maximum absolute atomic E-state index is 12.7. The molecule has 0 aliphatic heterocycles. The minimum Gasteiger partial charge on any atom is -0.325 e. The molecule has 3 N–H and O–H groups in total. The fourth-order valence-corrected chi connectivity index (χ4v) is 3.74. The van der Waals surface area contributed by atoms with Gasteiger partial charge < -0.3 is 11.1 Å². The highest BCUT2D eigenvalue weighted by molar-refractivity contribution is 7.91. The summed E-state index contributed by atoms with van der Waals surface area (Å²) >= 11 is 5.86. The Bertz CT molecular complexity index is 819. The fourth-order valence-electron chi connectivity index (χ4n) is 1.99. The summed E-state index contributed by atoms with van der Waals surface area (Å²) in [4.78, 5) is 11.6. The Labute approximate surface area is 134 Å². The van der Waals surface area contributed by atoms with Crippen molar-refractivity contribution in [3.63, 3.8) is 0 Å². The zero-order valence-corrected chi connectivity index (χ0v) is 13.4. The predicted molar refractivity (Wildman–Crippen MR) is 85.8 cm³/mol. The molecule has 0 saturated heterocycles. The molecule has 0 fully saturated rings. The fraction of sp³-hybridized carbons (Fsp3) is 0.133. The highest BCUT2D eigenvalue weighted by Gasteiger charge is 2.20. The van der Waals surface area contributed by atoms with Crippen LogP contribution in [0.2, 0.25) is 5.02 Å². The molecular weight excluding hydrogens is 324 g/mol. The van der Waals surface area contributed by atoms with Crippen LogP contribution in [0.3, 0.4) is 0 Å². The summed E-state index contributed by atoms with van der Waals surface area (Å²) in [6.45, 7) is 1.51. The number of carbonyl (C=O) groups excluding carboxylic acids is 1. The third kappa shape index (κ3) is 3.47.